The number of aliphatic hydroxyl groups excluding tert-OH is 3. The topological polar surface area (TPSA) is 154 Å². The second-order valence-corrected chi connectivity index (χ2v) is 11.8. The van der Waals surface area contributed by atoms with Crippen LogP contribution in [0.5, 0.6) is 0 Å². The van der Waals surface area contributed by atoms with Crippen LogP contribution in [0.3, 0.4) is 0 Å². The number of nitrogens with one attached hydrogen (secondary N) is 1. The number of hydrogen-bond acceptors (Lipinski definition) is 11. The predicted molar refractivity (Wildman–Crippen MR) is 165 cm³/mol. The maximum Gasteiger partial charge on any atom is 0.217 e. The third-order valence-electron chi connectivity index (χ3n) is 8.44. The van der Waals surface area contributed by atoms with Gasteiger partial charge in [0.1, 0.15) is 48.8 Å². The van der Waals surface area contributed by atoms with Crippen LogP contribution >= 0.6 is 0 Å². The van der Waals surface area contributed by atoms with Crippen molar-refractivity contribution in [3.63, 3.8) is 0 Å². The number of ether oxygens (including phenoxy) is 7. The molecule has 0 spiro atoms. The molecule has 1 amide bonds. The average molecular weight is 652 g/mol. The number of carbonyl (C=O) groups excluding carboxylic acids is 1. The van der Waals surface area contributed by atoms with E-state index in [9.17, 15) is 20.1 Å². The standard InChI is InChI=1S/C35H41NO11/c1-21(38)36-27-29(40)28(39)25(17-37)44-34(27)47-31-30-26(20-43-33(46-30)24-15-9-4-10-16-24)45-35(42-19-23-13-7-3-8-14-23)32(31)41-18-22-11-5-2-6-12-22/h2-16,25-35,37,39-40H,17-20H2,1H3,(H,36,38). The van der Waals surface area contributed by atoms with E-state index in [0.29, 0.717) is 0 Å². The Morgan fingerprint density at radius 1 is 0.787 bits per heavy atom. The maximum absolute atomic E-state index is 12.2. The van der Waals surface area contributed by atoms with E-state index in [4.69, 9.17) is 33.2 Å². The molecule has 4 N–H and O–H groups in total. The molecule has 3 aliphatic heterocycles. The number of fused-ring (bicyclic) bond motifs is 1. The molecule has 0 aliphatic carbocycles. The maximum atomic E-state index is 12.2. The van der Waals surface area contributed by atoms with E-state index in [0.717, 1.165) is 16.7 Å². The predicted octanol–water partition coefficient (Wildman–Crippen LogP) is 1.96. The lowest BCUT2D eigenvalue weighted by molar-refractivity contribution is -0.392. The first-order valence-corrected chi connectivity index (χ1v) is 15.7. The van der Waals surface area contributed by atoms with E-state index < -0.39 is 80.2 Å². The molecular weight excluding hydrogens is 610 g/mol. The second-order valence-electron chi connectivity index (χ2n) is 11.8. The molecule has 3 aliphatic rings. The van der Waals surface area contributed by atoms with Gasteiger partial charge in [-0.15, -0.1) is 0 Å². The summed E-state index contributed by atoms with van der Waals surface area (Å²) in [5.41, 5.74) is 2.61. The molecule has 6 rings (SSSR count). The SMILES string of the molecule is CC(=O)NC1C(OC2C3OC(c4ccccc4)OCC3OC(OCc3ccccc3)C2OCc2ccccc2)OC(CO)C(O)C1O. The molecule has 0 bridgehead atoms. The lowest BCUT2D eigenvalue weighted by Gasteiger charge is -2.51. The van der Waals surface area contributed by atoms with Crippen LogP contribution in [0.2, 0.25) is 0 Å². The Kier molecular flexibility index (Phi) is 11.3. The van der Waals surface area contributed by atoms with Gasteiger partial charge in [-0.25, -0.2) is 0 Å². The minimum absolute atomic E-state index is 0.141. The number of hydrogen-bond donors (Lipinski definition) is 4. The molecule has 3 heterocycles. The number of aliphatic hydroxyl groups is 3. The first kappa shape index (κ1) is 33.6. The zero-order valence-electron chi connectivity index (χ0n) is 25.9. The largest absolute Gasteiger partial charge is 0.394 e. The first-order valence-electron chi connectivity index (χ1n) is 15.7. The van der Waals surface area contributed by atoms with E-state index in [2.05, 4.69) is 5.32 Å². The van der Waals surface area contributed by atoms with Crippen LogP contribution in [0, 0.1) is 0 Å². The van der Waals surface area contributed by atoms with Crippen molar-refractivity contribution in [1.29, 1.82) is 0 Å². The monoisotopic (exact) mass is 651 g/mol. The lowest BCUT2D eigenvalue weighted by Crippen LogP contribution is -2.68. The summed E-state index contributed by atoms with van der Waals surface area (Å²) in [7, 11) is 0. The van der Waals surface area contributed by atoms with Gasteiger partial charge >= 0.3 is 0 Å². The zero-order valence-corrected chi connectivity index (χ0v) is 25.9. The highest BCUT2D eigenvalue weighted by molar-refractivity contribution is 5.73. The molecule has 252 valence electrons. The Morgan fingerprint density at radius 3 is 2.02 bits per heavy atom. The zero-order chi connectivity index (χ0) is 32.8. The van der Waals surface area contributed by atoms with Crippen LogP contribution in [-0.4, -0.2) is 95.8 Å². The highest BCUT2D eigenvalue weighted by atomic mass is 16.8. The molecule has 0 saturated carbocycles. The van der Waals surface area contributed by atoms with Gasteiger partial charge in [0.25, 0.3) is 0 Å². The molecule has 12 heteroatoms. The van der Waals surface area contributed by atoms with Crippen LogP contribution in [-0.2, 0) is 51.2 Å². The fraction of sp³-hybridized carbons (Fsp3) is 0.457. The molecule has 0 radical (unpaired) electrons. The molecule has 0 aromatic heterocycles. The Hall–Kier alpha value is -3.27. The van der Waals surface area contributed by atoms with Crippen molar-refractivity contribution >= 4 is 5.91 Å². The summed E-state index contributed by atoms with van der Waals surface area (Å²) in [6.45, 7) is 1.21. The molecule has 11 unspecified atom stereocenters. The molecule has 12 nitrogen and oxygen atoms in total. The Morgan fingerprint density at radius 2 is 1.40 bits per heavy atom. The van der Waals surface area contributed by atoms with Crippen molar-refractivity contribution < 1.29 is 53.3 Å². The first-order chi connectivity index (χ1) is 22.9. The Balaban J connectivity index is 1.34. The van der Waals surface area contributed by atoms with Crippen molar-refractivity contribution in [3.8, 4) is 0 Å². The number of amides is 1. The summed E-state index contributed by atoms with van der Waals surface area (Å²) in [6, 6.07) is 27.5. The van der Waals surface area contributed by atoms with E-state index in [1.807, 2.05) is 91.0 Å². The quantitative estimate of drug-likeness (QED) is 0.241. The summed E-state index contributed by atoms with van der Waals surface area (Å²) in [5.74, 6) is -0.474. The van der Waals surface area contributed by atoms with Gasteiger partial charge < -0.3 is 53.8 Å². The Labute approximate surface area is 273 Å². The van der Waals surface area contributed by atoms with Gasteiger partial charge in [-0.05, 0) is 11.1 Å². The summed E-state index contributed by atoms with van der Waals surface area (Å²) in [6.07, 6.45) is -10.5. The van der Waals surface area contributed by atoms with Gasteiger partial charge in [-0.2, -0.15) is 0 Å². The van der Waals surface area contributed by atoms with Crippen molar-refractivity contribution in [3.05, 3.63) is 108 Å². The van der Waals surface area contributed by atoms with Crippen molar-refractivity contribution in [2.45, 2.75) is 87.8 Å². The van der Waals surface area contributed by atoms with E-state index in [1.165, 1.54) is 6.92 Å². The van der Waals surface area contributed by atoms with Crippen molar-refractivity contribution in [2.75, 3.05) is 13.2 Å². The summed E-state index contributed by atoms with van der Waals surface area (Å²) in [4.78, 5) is 12.2. The van der Waals surface area contributed by atoms with Gasteiger partial charge in [0.15, 0.2) is 18.9 Å². The molecule has 3 aromatic rings. The number of carbonyl (C=O) groups is 1. The number of rotatable bonds is 11. The second kappa shape index (κ2) is 15.8. The van der Waals surface area contributed by atoms with Gasteiger partial charge in [0.05, 0.1) is 26.4 Å². The van der Waals surface area contributed by atoms with Crippen LogP contribution < -0.4 is 5.32 Å². The highest BCUT2D eigenvalue weighted by Crippen LogP contribution is 2.38. The fourth-order valence-corrected chi connectivity index (χ4v) is 6.05. The van der Waals surface area contributed by atoms with Gasteiger partial charge in [-0.3, -0.25) is 4.79 Å². The molecular formula is C35H41NO11. The molecule has 47 heavy (non-hydrogen) atoms. The minimum atomic E-state index is -1.51. The minimum Gasteiger partial charge on any atom is -0.394 e. The average Bonchev–Trinajstić information content (AvgIpc) is 3.10. The van der Waals surface area contributed by atoms with E-state index in [-0.39, 0.29) is 19.8 Å². The fourth-order valence-electron chi connectivity index (χ4n) is 6.05. The molecule has 3 aromatic carbocycles. The summed E-state index contributed by atoms with van der Waals surface area (Å²) < 4.78 is 44.6. The smallest absolute Gasteiger partial charge is 0.217 e. The lowest BCUT2D eigenvalue weighted by atomic mass is 9.94. The normalized spacial score (nSPS) is 33.9. The van der Waals surface area contributed by atoms with Gasteiger partial charge in [0, 0.05) is 12.5 Å². The van der Waals surface area contributed by atoms with Crippen LogP contribution in [0.4, 0.5) is 0 Å². The molecule has 11 atom stereocenters. The van der Waals surface area contributed by atoms with Crippen LogP contribution in [0.15, 0.2) is 91.0 Å². The number of benzene rings is 3. The van der Waals surface area contributed by atoms with E-state index >= 15 is 0 Å². The molecule has 3 saturated heterocycles. The third kappa shape index (κ3) is 8.07. The summed E-state index contributed by atoms with van der Waals surface area (Å²) >= 11 is 0. The third-order valence-corrected chi connectivity index (χ3v) is 8.44. The van der Waals surface area contributed by atoms with Crippen molar-refractivity contribution in [1.82, 2.24) is 5.32 Å². The Bertz CT molecular complexity index is 1400. The summed E-state index contributed by atoms with van der Waals surface area (Å²) in [5, 5.41) is 34.2. The van der Waals surface area contributed by atoms with Crippen LogP contribution in [0.25, 0.3) is 0 Å². The van der Waals surface area contributed by atoms with E-state index in [1.54, 1.807) is 0 Å². The van der Waals surface area contributed by atoms with Gasteiger partial charge in [0.2, 0.25) is 5.91 Å². The van der Waals surface area contributed by atoms with Crippen molar-refractivity contribution in [2.24, 2.45) is 0 Å². The highest BCUT2D eigenvalue weighted by Gasteiger charge is 2.55. The van der Waals surface area contributed by atoms with Crippen LogP contribution in [0.1, 0.15) is 29.9 Å². The van der Waals surface area contributed by atoms with Gasteiger partial charge in [-0.1, -0.05) is 91.0 Å². The molecule has 3 fully saturated rings.